The highest BCUT2D eigenvalue weighted by atomic mass is 32.2. The van der Waals surface area contributed by atoms with E-state index in [4.69, 9.17) is 36.5 Å². The molecule has 51 heavy (non-hydrogen) atoms. The number of H-pyrrole nitrogens is 2. The van der Waals surface area contributed by atoms with E-state index in [1.807, 2.05) is 5.32 Å². The number of nitrogens with one attached hydrogen (secondary N) is 4. The van der Waals surface area contributed by atoms with Crippen LogP contribution in [0.15, 0.2) is 15.8 Å². The monoisotopic (exact) mass is 753 g/mol. The van der Waals surface area contributed by atoms with E-state index in [-0.39, 0.29) is 17.9 Å². The predicted octanol–water partition coefficient (Wildman–Crippen LogP) is -7.00. The average molecular weight is 754 g/mol. The first-order chi connectivity index (χ1) is 23.8. The molecule has 2 aliphatic rings. The van der Waals surface area contributed by atoms with Gasteiger partial charge < -0.3 is 82.8 Å². The van der Waals surface area contributed by atoms with E-state index in [1.54, 1.807) is 4.98 Å². The second kappa shape index (κ2) is 17.8. The second-order valence-corrected chi connectivity index (χ2v) is 12.7. The van der Waals surface area contributed by atoms with Crippen LogP contribution < -0.4 is 39.1 Å². The number of urea groups is 1. The Labute approximate surface area is 289 Å². The number of hydrogen-bond donors (Lipinski definition) is 14. The summed E-state index contributed by atoms with van der Waals surface area (Å²) in [6.07, 6.45) is -18.3. The molecule has 2 aliphatic heterocycles. The molecule has 2 saturated heterocycles. The number of nitrogens with two attached hydrogens (primary N) is 3. The Bertz CT molecular complexity index is 1550. The molecule has 0 aromatic carbocycles. The fraction of sp³-hybridized carbons (Fsp3) is 0.654. The molecule has 3 rings (SSSR count). The molecule has 17 N–H and O–H groups in total. The molecule has 13 atom stereocenters. The number of carboxylic acid groups (broad SMARTS) is 3. The highest BCUT2D eigenvalue weighted by Crippen LogP contribution is 2.32. The minimum absolute atomic E-state index is 0.0369. The Kier molecular flexibility index (Phi) is 14.4. The standard InChI is InChI=1S/C26H39N7O17S/c27-7-3-10(20(39)31-9(22(42)43)1-2-51-5-8(28)21(40)41)48-24(13(7)35)50-16-11(32-25(29)46)14(36)17(49-18(16)23(44)45)15(37)12(34)6-4-30-26(47)33-19(6)38/h4,7-18,24,34-37H,1-3,5,27-28H2,(H,31,39)(H,40,41)(H,42,43)(H,44,45)(H3,29,32,46)(H2,30,33,38,47)/t7?,8?,9?,10?,11?,12?,13?,14?,15-,16?,17?,18?,24?/m0/s1. The summed E-state index contributed by atoms with van der Waals surface area (Å²) in [5, 5.41) is 76.1. The summed E-state index contributed by atoms with van der Waals surface area (Å²) in [5.74, 6) is -5.55. The molecule has 0 radical (unpaired) electrons. The lowest BCUT2D eigenvalue weighted by Crippen LogP contribution is -2.70. The van der Waals surface area contributed by atoms with Crippen molar-refractivity contribution in [3.8, 4) is 0 Å². The number of aliphatic carboxylic acids is 3. The molecule has 25 heteroatoms. The summed E-state index contributed by atoms with van der Waals surface area (Å²) in [7, 11) is 0. The van der Waals surface area contributed by atoms with Crippen LogP contribution in [0.1, 0.15) is 24.5 Å². The van der Waals surface area contributed by atoms with Gasteiger partial charge in [-0.1, -0.05) is 0 Å². The normalized spacial score (nSPS) is 30.3. The lowest BCUT2D eigenvalue weighted by Gasteiger charge is -2.47. The molecule has 3 amide bonds. The average Bonchev–Trinajstić information content (AvgIpc) is 3.04. The summed E-state index contributed by atoms with van der Waals surface area (Å²) >= 11 is 1.03. The number of carbonyl (C=O) groups is 5. The van der Waals surface area contributed by atoms with Crippen LogP contribution in [0.25, 0.3) is 0 Å². The Balaban J connectivity index is 1.81. The number of carboxylic acids is 3. The fourth-order valence-electron chi connectivity index (χ4n) is 5.21. The van der Waals surface area contributed by atoms with Gasteiger partial charge in [0.05, 0.1) is 11.6 Å². The predicted molar refractivity (Wildman–Crippen MR) is 167 cm³/mol. The lowest BCUT2D eigenvalue weighted by molar-refractivity contribution is -0.299. The summed E-state index contributed by atoms with van der Waals surface area (Å²) in [6.45, 7) is 0. The molecule has 1 aromatic heterocycles. The van der Waals surface area contributed by atoms with Gasteiger partial charge in [-0.15, -0.1) is 0 Å². The van der Waals surface area contributed by atoms with Gasteiger partial charge in [0, 0.05) is 24.4 Å². The van der Waals surface area contributed by atoms with Crippen LogP contribution in [0.5, 0.6) is 0 Å². The van der Waals surface area contributed by atoms with Crippen LogP contribution in [0.4, 0.5) is 4.79 Å². The van der Waals surface area contributed by atoms with Gasteiger partial charge in [0.25, 0.3) is 5.56 Å². The van der Waals surface area contributed by atoms with Gasteiger partial charge in [0.2, 0.25) is 5.91 Å². The van der Waals surface area contributed by atoms with E-state index in [0.717, 1.165) is 18.0 Å². The maximum atomic E-state index is 13.1. The van der Waals surface area contributed by atoms with E-state index < -0.39 is 132 Å². The third-order valence-corrected chi connectivity index (χ3v) is 9.02. The number of aliphatic hydroxyl groups excluding tert-OH is 4. The number of aliphatic hydroxyl groups is 4. The molecular weight excluding hydrogens is 714 g/mol. The van der Waals surface area contributed by atoms with Crippen molar-refractivity contribution < 1.29 is 73.9 Å². The fourth-order valence-corrected chi connectivity index (χ4v) is 6.18. The van der Waals surface area contributed by atoms with Gasteiger partial charge in [0.15, 0.2) is 12.4 Å². The number of primary amides is 1. The number of aromatic amines is 2. The third-order valence-electron chi connectivity index (χ3n) is 7.91. The van der Waals surface area contributed by atoms with E-state index in [9.17, 15) is 64.2 Å². The van der Waals surface area contributed by atoms with Gasteiger partial charge in [0.1, 0.15) is 54.8 Å². The molecular formula is C26H39N7O17S. The highest BCUT2D eigenvalue weighted by molar-refractivity contribution is 7.99. The van der Waals surface area contributed by atoms with Gasteiger partial charge in [-0.2, -0.15) is 11.8 Å². The minimum atomic E-state index is -2.29. The van der Waals surface area contributed by atoms with Crippen molar-refractivity contribution in [2.45, 2.75) is 92.1 Å². The molecule has 0 spiro atoms. The van der Waals surface area contributed by atoms with Crippen molar-refractivity contribution in [2.75, 3.05) is 11.5 Å². The summed E-state index contributed by atoms with van der Waals surface area (Å²) in [5.41, 5.74) is 13.9. The van der Waals surface area contributed by atoms with Crippen molar-refractivity contribution in [1.82, 2.24) is 20.6 Å². The van der Waals surface area contributed by atoms with Crippen molar-refractivity contribution in [2.24, 2.45) is 17.2 Å². The van der Waals surface area contributed by atoms with Crippen molar-refractivity contribution in [3.63, 3.8) is 0 Å². The molecule has 1 aromatic rings. The number of thioether (sulfide) groups is 1. The smallest absolute Gasteiger partial charge is 0.335 e. The largest absolute Gasteiger partial charge is 0.480 e. The summed E-state index contributed by atoms with van der Waals surface area (Å²) in [6, 6.07) is -7.27. The third kappa shape index (κ3) is 10.4. The Morgan fingerprint density at radius 2 is 1.73 bits per heavy atom. The summed E-state index contributed by atoms with van der Waals surface area (Å²) in [4.78, 5) is 87.5. The summed E-state index contributed by atoms with van der Waals surface area (Å²) < 4.78 is 16.5. The number of ether oxygens (including phenoxy) is 3. The van der Waals surface area contributed by atoms with Crippen LogP contribution in [-0.4, -0.2) is 160 Å². The Morgan fingerprint density at radius 1 is 1.06 bits per heavy atom. The van der Waals surface area contributed by atoms with Crippen molar-refractivity contribution >= 4 is 41.6 Å². The van der Waals surface area contributed by atoms with Crippen molar-refractivity contribution in [3.05, 3.63) is 32.6 Å². The van der Waals surface area contributed by atoms with Crippen LogP contribution in [0, 0.1) is 0 Å². The topological polar surface area (TPSA) is 422 Å². The lowest BCUT2D eigenvalue weighted by atomic mass is 9.87. The van der Waals surface area contributed by atoms with E-state index >= 15 is 0 Å². The molecule has 0 saturated carbocycles. The maximum absolute atomic E-state index is 13.1. The quantitative estimate of drug-likeness (QED) is 0.0697. The van der Waals surface area contributed by atoms with Crippen LogP contribution >= 0.6 is 11.8 Å². The first kappa shape index (κ1) is 41.2. The molecule has 286 valence electrons. The zero-order valence-electron chi connectivity index (χ0n) is 26.3. The Hall–Kier alpha value is -4.18. The molecule has 0 aliphatic carbocycles. The molecule has 12 unspecified atom stereocenters. The van der Waals surface area contributed by atoms with Crippen molar-refractivity contribution in [1.29, 1.82) is 0 Å². The zero-order chi connectivity index (χ0) is 38.3. The van der Waals surface area contributed by atoms with Gasteiger partial charge in [-0.25, -0.2) is 19.2 Å². The number of aromatic nitrogens is 2. The number of amides is 3. The van der Waals surface area contributed by atoms with Gasteiger partial charge in [-0.3, -0.25) is 19.4 Å². The second-order valence-electron chi connectivity index (χ2n) is 11.5. The minimum Gasteiger partial charge on any atom is -0.480 e. The van der Waals surface area contributed by atoms with E-state index in [0.29, 0.717) is 0 Å². The number of hydrogen-bond acceptors (Lipinski definition) is 17. The van der Waals surface area contributed by atoms with E-state index in [2.05, 4.69) is 10.3 Å². The molecule has 3 heterocycles. The molecule has 0 bridgehead atoms. The molecule has 24 nitrogen and oxygen atoms in total. The number of rotatable bonds is 16. The zero-order valence-corrected chi connectivity index (χ0v) is 27.1. The van der Waals surface area contributed by atoms with Gasteiger partial charge >= 0.3 is 29.6 Å². The van der Waals surface area contributed by atoms with Crippen LogP contribution in [0.2, 0.25) is 0 Å². The highest BCUT2D eigenvalue weighted by Gasteiger charge is 2.55. The van der Waals surface area contributed by atoms with E-state index in [1.165, 1.54) is 0 Å². The van der Waals surface area contributed by atoms with Crippen LogP contribution in [-0.2, 0) is 33.4 Å². The number of carbonyl (C=O) groups excluding carboxylic acids is 2. The maximum Gasteiger partial charge on any atom is 0.335 e. The van der Waals surface area contributed by atoms with Crippen LogP contribution in [0.3, 0.4) is 0 Å². The Morgan fingerprint density at radius 3 is 2.29 bits per heavy atom. The van der Waals surface area contributed by atoms with Gasteiger partial charge in [-0.05, 0) is 12.2 Å². The first-order valence-electron chi connectivity index (χ1n) is 15.0. The molecule has 2 fully saturated rings. The first-order valence-corrected chi connectivity index (χ1v) is 16.1. The SMILES string of the molecule is NC(=O)NC1C(O)C([C@@H](O)C(O)c2c[nH]c(=O)[nH]c2=O)OC(C(=O)O)C1OC1OC(C(=O)NC(CCSCC(N)C(=O)O)C(=O)O)CC(N)C1O.